The van der Waals surface area contributed by atoms with Gasteiger partial charge in [-0.15, -0.1) is 0 Å². The van der Waals surface area contributed by atoms with Crippen LogP contribution in [0, 0.1) is 0 Å². The van der Waals surface area contributed by atoms with Crippen molar-refractivity contribution in [3.8, 4) is 0 Å². The minimum atomic E-state index is -1.27. The average Bonchev–Trinajstić information content (AvgIpc) is 2.54. The molecular formula is C7H12N2O4. The zero-order valence-corrected chi connectivity index (χ0v) is 7.08. The fourth-order valence-corrected chi connectivity index (χ4v) is 1.20. The number of carbonyl (C=O) groups is 2. The zero-order chi connectivity index (χ0) is 9.90. The summed E-state index contributed by atoms with van der Waals surface area (Å²) >= 11 is 0. The number of nitrogens with one attached hydrogen (secondary N) is 1. The quantitative estimate of drug-likeness (QED) is 0.490. The van der Waals surface area contributed by atoms with Crippen LogP contribution in [0.25, 0.3) is 0 Å². The van der Waals surface area contributed by atoms with E-state index in [0.29, 0.717) is 6.61 Å². The highest BCUT2D eigenvalue weighted by Crippen LogP contribution is 2.18. The molecule has 4 N–H and O–H groups in total. The molecule has 1 saturated heterocycles. The molecule has 0 spiro atoms. The van der Waals surface area contributed by atoms with Crippen LogP contribution in [0.2, 0.25) is 0 Å². The van der Waals surface area contributed by atoms with Gasteiger partial charge in [0.25, 0.3) is 0 Å². The van der Waals surface area contributed by atoms with Gasteiger partial charge in [-0.25, -0.2) is 4.79 Å². The first-order chi connectivity index (χ1) is 6.10. The largest absolute Gasteiger partial charge is 0.479 e. The monoisotopic (exact) mass is 188 g/mol. The molecule has 0 aliphatic carbocycles. The van der Waals surface area contributed by atoms with Crippen LogP contribution < -0.4 is 11.1 Å². The van der Waals surface area contributed by atoms with Crippen LogP contribution in [-0.2, 0) is 14.3 Å². The van der Waals surface area contributed by atoms with Gasteiger partial charge in [0.1, 0.15) is 0 Å². The lowest BCUT2D eigenvalue weighted by molar-refractivity contribution is -0.147. The Hall–Kier alpha value is -1.14. The molecule has 1 aliphatic rings. The van der Waals surface area contributed by atoms with Crippen molar-refractivity contribution < 1.29 is 19.4 Å². The van der Waals surface area contributed by atoms with Crippen molar-refractivity contribution in [1.29, 1.82) is 0 Å². The van der Waals surface area contributed by atoms with E-state index in [2.05, 4.69) is 5.32 Å². The number of nitrogens with two attached hydrogens (primary N) is 1. The highest BCUT2D eigenvalue weighted by Gasteiger charge is 2.43. The molecule has 1 fully saturated rings. The number of ether oxygens (including phenoxy) is 1. The molecule has 0 saturated carbocycles. The van der Waals surface area contributed by atoms with Crippen LogP contribution >= 0.6 is 0 Å². The summed E-state index contributed by atoms with van der Waals surface area (Å²) in [6.07, 6.45) is 0.286. The van der Waals surface area contributed by atoms with Crippen molar-refractivity contribution in [3.63, 3.8) is 0 Å². The number of hydrogen-bond acceptors (Lipinski definition) is 4. The Balaban J connectivity index is 2.68. The van der Waals surface area contributed by atoms with E-state index >= 15 is 0 Å². The molecule has 6 heteroatoms. The second kappa shape index (κ2) is 3.71. The van der Waals surface area contributed by atoms with Crippen molar-refractivity contribution in [2.24, 2.45) is 5.73 Å². The van der Waals surface area contributed by atoms with Gasteiger partial charge in [0.05, 0.1) is 13.2 Å². The number of carboxylic acid groups (broad SMARTS) is 1. The third-order valence-electron chi connectivity index (χ3n) is 2.00. The fourth-order valence-electron chi connectivity index (χ4n) is 1.20. The number of amides is 1. The molecule has 0 bridgehead atoms. The third kappa shape index (κ3) is 1.96. The second-order valence-electron chi connectivity index (χ2n) is 2.94. The van der Waals surface area contributed by atoms with Crippen LogP contribution in [0.15, 0.2) is 0 Å². The van der Waals surface area contributed by atoms with Crippen molar-refractivity contribution in [1.82, 2.24) is 5.32 Å². The highest BCUT2D eigenvalue weighted by atomic mass is 16.5. The lowest BCUT2D eigenvalue weighted by atomic mass is 9.99. The maximum Gasteiger partial charge on any atom is 0.331 e. The Bertz CT molecular complexity index is 223. The maximum absolute atomic E-state index is 10.9. The van der Waals surface area contributed by atoms with Crippen molar-refractivity contribution >= 4 is 11.9 Å². The molecule has 1 unspecified atom stereocenters. The topological polar surface area (TPSA) is 102 Å². The van der Waals surface area contributed by atoms with E-state index in [0.717, 1.165) is 0 Å². The first-order valence-electron chi connectivity index (χ1n) is 3.93. The molecular weight excluding hydrogens is 176 g/mol. The number of carboxylic acids is 1. The molecule has 1 amide bonds. The summed E-state index contributed by atoms with van der Waals surface area (Å²) in [5, 5.41) is 11.2. The third-order valence-corrected chi connectivity index (χ3v) is 2.00. The summed E-state index contributed by atoms with van der Waals surface area (Å²) in [7, 11) is 0. The van der Waals surface area contributed by atoms with E-state index in [-0.39, 0.29) is 19.6 Å². The van der Waals surface area contributed by atoms with Crippen LogP contribution in [0.5, 0.6) is 0 Å². The molecule has 1 rings (SSSR count). The number of rotatable bonds is 3. The average molecular weight is 188 g/mol. The van der Waals surface area contributed by atoms with Gasteiger partial charge in [0, 0.05) is 13.0 Å². The first kappa shape index (κ1) is 9.94. The summed E-state index contributed by atoms with van der Waals surface area (Å²) in [6, 6.07) is 0. The Morgan fingerprint density at radius 3 is 2.69 bits per heavy atom. The minimum absolute atomic E-state index is 0.00801. The Kier molecular flexibility index (Phi) is 2.84. The van der Waals surface area contributed by atoms with Crippen LogP contribution in [0.3, 0.4) is 0 Å². The van der Waals surface area contributed by atoms with E-state index < -0.39 is 17.4 Å². The summed E-state index contributed by atoms with van der Waals surface area (Å²) < 4.78 is 4.93. The molecule has 1 aliphatic heterocycles. The SMILES string of the molecule is NCC(=O)NC1(C(=O)O)CCOC1. The predicted octanol–water partition coefficient (Wildman–Crippen LogP) is -1.69. The summed E-state index contributed by atoms with van der Waals surface area (Å²) in [5.41, 5.74) is 3.80. The molecule has 0 aromatic rings. The molecule has 0 aromatic carbocycles. The van der Waals surface area contributed by atoms with E-state index in [4.69, 9.17) is 15.6 Å². The van der Waals surface area contributed by atoms with Gasteiger partial charge < -0.3 is 20.9 Å². The number of hydrogen-bond donors (Lipinski definition) is 3. The van der Waals surface area contributed by atoms with Gasteiger partial charge in [-0.1, -0.05) is 0 Å². The van der Waals surface area contributed by atoms with Crippen LogP contribution in [0.1, 0.15) is 6.42 Å². The first-order valence-corrected chi connectivity index (χ1v) is 3.93. The maximum atomic E-state index is 10.9. The molecule has 1 atom stereocenters. The summed E-state index contributed by atoms with van der Waals surface area (Å²) in [5.74, 6) is -1.56. The van der Waals surface area contributed by atoms with Gasteiger partial charge in [0.2, 0.25) is 5.91 Å². The van der Waals surface area contributed by atoms with Crippen LogP contribution in [0.4, 0.5) is 0 Å². The van der Waals surface area contributed by atoms with Gasteiger partial charge in [-0.05, 0) is 0 Å². The second-order valence-corrected chi connectivity index (χ2v) is 2.94. The van der Waals surface area contributed by atoms with E-state index in [9.17, 15) is 9.59 Å². The van der Waals surface area contributed by atoms with Crippen molar-refractivity contribution in [2.45, 2.75) is 12.0 Å². The van der Waals surface area contributed by atoms with Gasteiger partial charge in [-0.2, -0.15) is 0 Å². The van der Waals surface area contributed by atoms with Crippen molar-refractivity contribution in [2.75, 3.05) is 19.8 Å². The molecule has 1 heterocycles. The van der Waals surface area contributed by atoms with E-state index in [1.807, 2.05) is 0 Å². The molecule has 74 valence electrons. The molecule has 6 nitrogen and oxygen atoms in total. The molecule has 13 heavy (non-hydrogen) atoms. The fraction of sp³-hybridized carbons (Fsp3) is 0.714. The lowest BCUT2D eigenvalue weighted by Gasteiger charge is -2.23. The highest BCUT2D eigenvalue weighted by molar-refractivity contribution is 5.88. The molecule has 0 aromatic heterocycles. The Morgan fingerprint density at radius 2 is 2.31 bits per heavy atom. The Morgan fingerprint density at radius 1 is 1.62 bits per heavy atom. The van der Waals surface area contributed by atoms with Gasteiger partial charge in [0.15, 0.2) is 5.54 Å². The number of carbonyl (C=O) groups excluding carboxylic acids is 1. The van der Waals surface area contributed by atoms with E-state index in [1.54, 1.807) is 0 Å². The minimum Gasteiger partial charge on any atom is -0.479 e. The predicted molar refractivity (Wildman–Crippen MR) is 43.0 cm³/mol. The zero-order valence-electron chi connectivity index (χ0n) is 7.08. The lowest BCUT2D eigenvalue weighted by Crippen LogP contribution is -2.56. The van der Waals surface area contributed by atoms with Crippen LogP contribution in [-0.4, -0.2) is 42.3 Å². The summed E-state index contributed by atoms with van der Waals surface area (Å²) in [4.78, 5) is 21.8. The normalized spacial score (nSPS) is 27.2. The molecule has 0 radical (unpaired) electrons. The van der Waals surface area contributed by atoms with Gasteiger partial charge in [-0.3, -0.25) is 4.79 Å². The van der Waals surface area contributed by atoms with E-state index in [1.165, 1.54) is 0 Å². The summed E-state index contributed by atoms with van der Waals surface area (Å²) in [6.45, 7) is 0.139. The smallest absolute Gasteiger partial charge is 0.331 e. The van der Waals surface area contributed by atoms with Gasteiger partial charge >= 0.3 is 5.97 Å². The Labute approximate surface area is 75.0 Å². The van der Waals surface area contributed by atoms with Crippen molar-refractivity contribution in [3.05, 3.63) is 0 Å². The standard InChI is InChI=1S/C7H12N2O4/c8-3-5(10)9-7(6(11)12)1-2-13-4-7/h1-4,8H2,(H,9,10)(H,11,12). The number of aliphatic carboxylic acids is 1.